The Labute approximate surface area is 114 Å². The Kier molecular flexibility index (Phi) is 3.72. The second-order valence-corrected chi connectivity index (χ2v) is 5.77. The Hall–Kier alpha value is -0.630. The summed E-state index contributed by atoms with van der Waals surface area (Å²) < 4.78 is 2.98. The lowest BCUT2D eigenvalue weighted by molar-refractivity contribution is -0.146. The van der Waals surface area contributed by atoms with E-state index in [4.69, 9.17) is 0 Å². The van der Waals surface area contributed by atoms with Crippen LogP contribution in [0.2, 0.25) is 0 Å². The first-order valence-electron chi connectivity index (χ1n) is 5.69. The van der Waals surface area contributed by atoms with Crippen LogP contribution in [0, 0.1) is 3.57 Å². The van der Waals surface area contributed by atoms with E-state index in [1.54, 1.807) is 13.2 Å². The van der Waals surface area contributed by atoms with Crippen molar-refractivity contribution in [3.05, 3.63) is 16.0 Å². The van der Waals surface area contributed by atoms with Gasteiger partial charge < -0.3 is 10.4 Å². The maximum atomic E-state index is 11.4. The zero-order valence-corrected chi connectivity index (χ0v) is 11.8. The van der Waals surface area contributed by atoms with Gasteiger partial charge in [0.1, 0.15) is 5.54 Å². The van der Waals surface area contributed by atoms with E-state index in [9.17, 15) is 9.90 Å². The van der Waals surface area contributed by atoms with Crippen LogP contribution in [0.3, 0.4) is 0 Å². The molecule has 1 saturated carbocycles. The summed E-state index contributed by atoms with van der Waals surface area (Å²) in [6.07, 6.45) is 6.96. The first-order chi connectivity index (χ1) is 8.07. The van der Waals surface area contributed by atoms with Gasteiger partial charge in [0.25, 0.3) is 0 Å². The van der Waals surface area contributed by atoms with Gasteiger partial charge in [-0.1, -0.05) is 0 Å². The van der Waals surface area contributed by atoms with Gasteiger partial charge >= 0.3 is 5.97 Å². The number of carbonyl (C=O) groups is 1. The molecule has 5 nitrogen and oxygen atoms in total. The van der Waals surface area contributed by atoms with Gasteiger partial charge in [0.15, 0.2) is 0 Å². The highest BCUT2D eigenvalue weighted by Crippen LogP contribution is 2.35. The summed E-state index contributed by atoms with van der Waals surface area (Å²) in [4.78, 5) is 11.4. The molecule has 2 unspecified atom stereocenters. The number of hydrogen-bond acceptors (Lipinski definition) is 3. The SMILES string of the molecule is CNC1(C(=O)O)CCCC(n2cc(I)cn2)C1. The molecule has 0 bridgehead atoms. The van der Waals surface area contributed by atoms with Crippen molar-refractivity contribution < 1.29 is 9.90 Å². The molecule has 0 spiro atoms. The van der Waals surface area contributed by atoms with E-state index in [0.29, 0.717) is 12.8 Å². The Bertz CT molecular complexity index is 421. The molecule has 17 heavy (non-hydrogen) atoms. The van der Waals surface area contributed by atoms with Crippen molar-refractivity contribution in [2.45, 2.75) is 37.3 Å². The van der Waals surface area contributed by atoms with Crippen LogP contribution in [-0.4, -0.2) is 33.4 Å². The summed E-state index contributed by atoms with van der Waals surface area (Å²) in [5, 5.41) is 16.6. The van der Waals surface area contributed by atoms with Crippen molar-refractivity contribution in [2.75, 3.05) is 7.05 Å². The maximum absolute atomic E-state index is 11.4. The van der Waals surface area contributed by atoms with E-state index in [1.165, 1.54) is 0 Å². The average Bonchev–Trinajstić information content (AvgIpc) is 2.76. The number of nitrogens with one attached hydrogen (secondary N) is 1. The van der Waals surface area contributed by atoms with Crippen LogP contribution < -0.4 is 5.32 Å². The number of halogens is 1. The molecule has 0 radical (unpaired) electrons. The molecule has 1 aliphatic carbocycles. The van der Waals surface area contributed by atoms with Crippen molar-refractivity contribution in [1.82, 2.24) is 15.1 Å². The number of carboxylic acid groups (broad SMARTS) is 1. The van der Waals surface area contributed by atoms with Crippen LogP contribution in [-0.2, 0) is 4.79 Å². The molecular weight excluding hydrogens is 333 g/mol. The van der Waals surface area contributed by atoms with Crippen LogP contribution in [0.15, 0.2) is 12.4 Å². The molecule has 2 N–H and O–H groups in total. The molecule has 1 fully saturated rings. The third-order valence-corrected chi connectivity index (χ3v) is 4.11. The van der Waals surface area contributed by atoms with E-state index >= 15 is 0 Å². The molecule has 0 aromatic carbocycles. The number of rotatable bonds is 3. The van der Waals surface area contributed by atoms with E-state index in [2.05, 4.69) is 33.0 Å². The highest BCUT2D eigenvalue weighted by molar-refractivity contribution is 14.1. The maximum Gasteiger partial charge on any atom is 0.323 e. The van der Waals surface area contributed by atoms with Crippen molar-refractivity contribution in [2.24, 2.45) is 0 Å². The van der Waals surface area contributed by atoms with Crippen molar-refractivity contribution in [3.8, 4) is 0 Å². The normalized spacial score (nSPS) is 29.2. The Morgan fingerprint density at radius 2 is 2.53 bits per heavy atom. The molecule has 1 aromatic heterocycles. The number of carboxylic acids is 1. The minimum absolute atomic E-state index is 0.177. The summed E-state index contributed by atoms with van der Waals surface area (Å²) in [5.41, 5.74) is -0.791. The number of hydrogen-bond donors (Lipinski definition) is 2. The van der Waals surface area contributed by atoms with Gasteiger partial charge in [0.05, 0.1) is 15.8 Å². The van der Waals surface area contributed by atoms with E-state index in [-0.39, 0.29) is 6.04 Å². The van der Waals surface area contributed by atoms with Crippen molar-refractivity contribution in [3.63, 3.8) is 0 Å². The number of aliphatic carboxylic acids is 1. The molecule has 1 heterocycles. The van der Waals surface area contributed by atoms with Gasteiger partial charge in [-0.25, -0.2) is 0 Å². The predicted molar refractivity (Wildman–Crippen MR) is 71.9 cm³/mol. The summed E-state index contributed by atoms with van der Waals surface area (Å²) in [6, 6.07) is 0.177. The minimum atomic E-state index is -0.791. The van der Waals surface area contributed by atoms with Crippen LogP contribution in [0.5, 0.6) is 0 Å². The van der Waals surface area contributed by atoms with E-state index < -0.39 is 11.5 Å². The average molecular weight is 349 g/mol. The quantitative estimate of drug-likeness (QED) is 0.815. The molecule has 2 atom stereocenters. The molecule has 0 saturated heterocycles. The summed E-state index contributed by atoms with van der Waals surface area (Å²) in [6.45, 7) is 0. The summed E-state index contributed by atoms with van der Waals surface area (Å²) >= 11 is 2.21. The third kappa shape index (κ3) is 2.47. The van der Waals surface area contributed by atoms with Gasteiger partial charge in [-0.3, -0.25) is 9.48 Å². The number of nitrogens with zero attached hydrogens (tertiary/aromatic N) is 2. The highest BCUT2D eigenvalue weighted by Gasteiger charge is 2.42. The standard InChI is InChI=1S/C11H16IN3O2/c1-13-11(10(16)17)4-2-3-9(5-11)15-7-8(12)6-14-15/h6-7,9,13H,2-5H2,1H3,(H,16,17). The first kappa shape index (κ1) is 12.8. The monoisotopic (exact) mass is 349 g/mol. The van der Waals surface area contributed by atoms with Gasteiger partial charge in [-0.05, 0) is 55.3 Å². The Morgan fingerprint density at radius 3 is 3.06 bits per heavy atom. The predicted octanol–water partition coefficient (Wildman–Crippen LogP) is 1.65. The fourth-order valence-corrected chi connectivity index (χ4v) is 2.92. The molecule has 1 aliphatic rings. The topological polar surface area (TPSA) is 67.2 Å². The second-order valence-electron chi connectivity index (χ2n) is 4.53. The van der Waals surface area contributed by atoms with Crippen molar-refractivity contribution in [1.29, 1.82) is 0 Å². The van der Waals surface area contributed by atoms with Crippen LogP contribution in [0.25, 0.3) is 0 Å². The fraction of sp³-hybridized carbons (Fsp3) is 0.636. The molecule has 0 amide bonds. The minimum Gasteiger partial charge on any atom is -0.480 e. The molecule has 2 rings (SSSR count). The number of aromatic nitrogens is 2. The molecular formula is C11H16IN3O2. The van der Waals surface area contributed by atoms with Crippen LogP contribution in [0.4, 0.5) is 0 Å². The summed E-state index contributed by atoms with van der Waals surface area (Å²) in [7, 11) is 1.73. The fourth-order valence-electron chi connectivity index (χ4n) is 2.51. The lowest BCUT2D eigenvalue weighted by Crippen LogP contribution is -2.53. The molecule has 0 aliphatic heterocycles. The molecule has 1 aromatic rings. The lowest BCUT2D eigenvalue weighted by atomic mass is 9.79. The van der Waals surface area contributed by atoms with Gasteiger partial charge in [0.2, 0.25) is 0 Å². The van der Waals surface area contributed by atoms with Crippen LogP contribution in [0.1, 0.15) is 31.7 Å². The van der Waals surface area contributed by atoms with Crippen molar-refractivity contribution >= 4 is 28.6 Å². The second kappa shape index (κ2) is 4.93. The van der Waals surface area contributed by atoms with E-state index in [0.717, 1.165) is 16.4 Å². The number of likely N-dealkylation sites (N-methyl/N-ethyl adjacent to an activating group) is 1. The zero-order valence-electron chi connectivity index (χ0n) is 9.69. The lowest BCUT2D eigenvalue weighted by Gasteiger charge is -2.37. The van der Waals surface area contributed by atoms with Gasteiger partial charge in [-0.15, -0.1) is 0 Å². The van der Waals surface area contributed by atoms with Gasteiger partial charge in [-0.2, -0.15) is 5.10 Å². The third-order valence-electron chi connectivity index (χ3n) is 3.56. The Morgan fingerprint density at radius 1 is 1.76 bits per heavy atom. The largest absolute Gasteiger partial charge is 0.480 e. The highest BCUT2D eigenvalue weighted by atomic mass is 127. The zero-order chi connectivity index (χ0) is 12.5. The summed E-state index contributed by atoms with van der Waals surface area (Å²) in [5.74, 6) is -0.758. The van der Waals surface area contributed by atoms with E-state index in [1.807, 2.05) is 10.9 Å². The molecule has 6 heteroatoms. The van der Waals surface area contributed by atoms with Gasteiger partial charge in [0, 0.05) is 6.20 Å². The first-order valence-corrected chi connectivity index (χ1v) is 6.77. The van der Waals surface area contributed by atoms with Crippen LogP contribution >= 0.6 is 22.6 Å². The molecule has 94 valence electrons. The smallest absolute Gasteiger partial charge is 0.323 e. The Balaban J connectivity index is 2.19.